The van der Waals surface area contributed by atoms with Gasteiger partial charge in [-0.05, 0) is 55.3 Å². The number of aryl methyl sites for hydroxylation is 1. The monoisotopic (exact) mass is 356 g/mol. The summed E-state index contributed by atoms with van der Waals surface area (Å²) in [6, 6.07) is 1.55. The van der Waals surface area contributed by atoms with E-state index in [1.807, 2.05) is 0 Å². The number of ether oxygens (including phenoxy) is 1. The first-order valence-electron chi connectivity index (χ1n) is 6.75. The van der Waals surface area contributed by atoms with Gasteiger partial charge in [0.05, 0.1) is 11.0 Å². The standard InChI is InChI=1S/C16H21BrO4/c1-8(2)12(18)10-7-9(3)14(11(17)13(10)19)21-15(20)16(4,5)6/h7-8,19H,1-6H3. The molecule has 1 N–H and O–H groups in total. The van der Waals surface area contributed by atoms with Crippen LogP contribution in [0.2, 0.25) is 0 Å². The fourth-order valence-electron chi connectivity index (χ4n) is 1.62. The zero-order chi connectivity index (χ0) is 16.5. The topological polar surface area (TPSA) is 63.6 Å². The van der Waals surface area contributed by atoms with Gasteiger partial charge in [-0.1, -0.05) is 13.8 Å². The highest BCUT2D eigenvalue weighted by Gasteiger charge is 2.27. The lowest BCUT2D eigenvalue weighted by molar-refractivity contribution is -0.143. The van der Waals surface area contributed by atoms with Crippen molar-refractivity contribution < 1.29 is 19.4 Å². The van der Waals surface area contributed by atoms with Crippen molar-refractivity contribution in [2.45, 2.75) is 41.5 Å². The van der Waals surface area contributed by atoms with Crippen molar-refractivity contribution in [3.05, 3.63) is 21.7 Å². The number of ketones is 1. The van der Waals surface area contributed by atoms with Crippen molar-refractivity contribution in [3.63, 3.8) is 0 Å². The molecule has 0 fully saturated rings. The molecule has 0 spiro atoms. The van der Waals surface area contributed by atoms with Crippen molar-refractivity contribution in [1.29, 1.82) is 0 Å². The molecule has 0 saturated heterocycles. The number of rotatable bonds is 3. The Morgan fingerprint density at radius 1 is 1.29 bits per heavy atom. The first-order chi connectivity index (χ1) is 9.46. The number of aromatic hydroxyl groups is 1. The zero-order valence-corrected chi connectivity index (χ0v) is 14.8. The Labute approximate surface area is 133 Å². The van der Waals surface area contributed by atoms with E-state index >= 15 is 0 Å². The maximum atomic E-state index is 12.1. The lowest BCUT2D eigenvalue weighted by Gasteiger charge is -2.19. The van der Waals surface area contributed by atoms with Crippen LogP contribution in [0.25, 0.3) is 0 Å². The fourth-order valence-corrected chi connectivity index (χ4v) is 2.23. The van der Waals surface area contributed by atoms with Crippen molar-refractivity contribution in [3.8, 4) is 11.5 Å². The van der Waals surface area contributed by atoms with E-state index in [0.717, 1.165) is 0 Å². The smallest absolute Gasteiger partial charge is 0.316 e. The van der Waals surface area contributed by atoms with Gasteiger partial charge in [0.1, 0.15) is 10.2 Å². The summed E-state index contributed by atoms with van der Waals surface area (Å²) in [5.41, 5.74) is 0.180. The summed E-state index contributed by atoms with van der Waals surface area (Å²) in [5.74, 6) is -0.757. The molecule has 0 saturated carbocycles. The third kappa shape index (κ3) is 3.84. The second-order valence-corrected chi connectivity index (χ2v) is 7.18. The maximum absolute atomic E-state index is 12.1. The van der Waals surface area contributed by atoms with Crippen LogP contribution in [0.3, 0.4) is 0 Å². The van der Waals surface area contributed by atoms with Crippen molar-refractivity contribution >= 4 is 27.7 Å². The van der Waals surface area contributed by atoms with Gasteiger partial charge in [-0.3, -0.25) is 9.59 Å². The molecule has 1 aromatic rings. The predicted molar refractivity (Wildman–Crippen MR) is 84.8 cm³/mol. The number of carbonyl (C=O) groups is 2. The third-order valence-electron chi connectivity index (χ3n) is 2.98. The number of carbonyl (C=O) groups excluding carboxylic acids is 2. The van der Waals surface area contributed by atoms with Crippen molar-refractivity contribution in [2.75, 3.05) is 0 Å². The van der Waals surface area contributed by atoms with Gasteiger partial charge < -0.3 is 9.84 Å². The minimum absolute atomic E-state index is 0.162. The van der Waals surface area contributed by atoms with E-state index in [0.29, 0.717) is 5.56 Å². The van der Waals surface area contributed by atoms with Gasteiger partial charge in [0.25, 0.3) is 0 Å². The van der Waals surface area contributed by atoms with Crippen LogP contribution in [0, 0.1) is 18.3 Å². The molecule has 0 atom stereocenters. The Kier molecular flexibility index (Phi) is 5.20. The quantitative estimate of drug-likeness (QED) is 0.499. The number of hydrogen-bond donors (Lipinski definition) is 1. The fraction of sp³-hybridized carbons (Fsp3) is 0.500. The van der Waals surface area contributed by atoms with Crippen LogP contribution in [0.1, 0.15) is 50.5 Å². The molecule has 1 aromatic carbocycles. The van der Waals surface area contributed by atoms with Crippen LogP contribution in [0.15, 0.2) is 10.5 Å². The summed E-state index contributed by atoms with van der Waals surface area (Å²) >= 11 is 3.22. The van der Waals surface area contributed by atoms with Crippen LogP contribution in [0.5, 0.6) is 11.5 Å². The molecule has 21 heavy (non-hydrogen) atoms. The van der Waals surface area contributed by atoms with E-state index < -0.39 is 11.4 Å². The minimum Gasteiger partial charge on any atom is -0.506 e. The molecule has 116 valence electrons. The zero-order valence-electron chi connectivity index (χ0n) is 13.2. The molecule has 0 bridgehead atoms. The minimum atomic E-state index is -0.659. The Balaban J connectivity index is 3.31. The van der Waals surface area contributed by atoms with Gasteiger partial charge in [0.15, 0.2) is 11.5 Å². The van der Waals surface area contributed by atoms with Crippen LogP contribution in [0.4, 0.5) is 0 Å². The number of halogens is 1. The summed E-state index contributed by atoms with van der Waals surface area (Å²) in [5, 5.41) is 10.2. The van der Waals surface area contributed by atoms with Crippen molar-refractivity contribution in [2.24, 2.45) is 11.3 Å². The van der Waals surface area contributed by atoms with Gasteiger partial charge in [-0.15, -0.1) is 0 Å². The van der Waals surface area contributed by atoms with Gasteiger partial charge in [0, 0.05) is 5.92 Å². The molecule has 5 heteroatoms. The van der Waals surface area contributed by atoms with Gasteiger partial charge >= 0.3 is 5.97 Å². The van der Waals surface area contributed by atoms with E-state index in [4.69, 9.17) is 4.74 Å². The Morgan fingerprint density at radius 2 is 1.81 bits per heavy atom. The first-order valence-corrected chi connectivity index (χ1v) is 7.54. The molecule has 4 nitrogen and oxygen atoms in total. The van der Waals surface area contributed by atoms with Crippen LogP contribution in [-0.4, -0.2) is 16.9 Å². The van der Waals surface area contributed by atoms with Crippen molar-refractivity contribution in [1.82, 2.24) is 0 Å². The molecule has 0 aliphatic heterocycles. The van der Waals surface area contributed by atoms with E-state index in [1.165, 1.54) is 0 Å². The van der Waals surface area contributed by atoms with Crippen LogP contribution < -0.4 is 4.74 Å². The van der Waals surface area contributed by atoms with Gasteiger partial charge in [0.2, 0.25) is 0 Å². The molecule has 0 aliphatic carbocycles. The summed E-state index contributed by atoms with van der Waals surface area (Å²) < 4.78 is 5.59. The molecule has 0 heterocycles. The Morgan fingerprint density at radius 3 is 2.24 bits per heavy atom. The number of phenolic OH excluding ortho intramolecular Hbond substituents is 1. The van der Waals surface area contributed by atoms with Crippen LogP contribution >= 0.6 is 15.9 Å². The molecule has 0 radical (unpaired) electrons. The van der Waals surface area contributed by atoms with Gasteiger partial charge in [-0.2, -0.15) is 0 Å². The lowest BCUT2D eigenvalue weighted by atomic mass is 9.96. The van der Waals surface area contributed by atoms with E-state index in [-0.39, 0.29) is 33.2 Å². The SMILES string of the molecule is Cc1cc(C(=O)C(C)C)c(O)c(Br)c1OC(=O)C(C)(C)C. The molecular weight excluding hydrogens is 336 g/mol. The summed E-state index contributed by atoms with van der Waals surface area (Å²) in [4.78, 5) is 24.1. The highest BCUT2D eigenvalue weighted by molar-refractivity contribution is 9.10. The summed E-state index contributed by atoms with van der Waals surface area (Å²) in [6.45, 7) is 10.5. The van der Waals surface area contributed by atoms with Gasteiger partial charge in [-0.25, -0.2) is 0 Å². The average Bonchev–Trinajstić information content (AvgIpc) is 2.36. The van der Waals surface area contributed by atoms with E-state index in [9.17, 15) is 14.7 Å². The molecule has 0 aliphatic rings. The lowest BCUT2D eigenvalue weighted by Crippen LogP contribution is -2.26. The first kappa shape index (κ1) is 17.7. The average molecular weight is 357 g/mol. The molecule has 0 unspecified atom stereocenters. The second kappa shape index (κ2) is 6.18. The van der Waals surface area contributed by atoms with Crippen LogP contribution in [-0.2, 0) is 4.79 Å². The largest absolute Gasteiger partial charge is 0.506 e. The number of Topliss-reactive ketones (excluding diaryl/α,β-unsaturated/α-hetero) is 1. The highest BCUT2D eigenvalue weighted by Crippen LogP contribution is 2.40. The number of esters is 1. The molecular formula is C16H21BrO4. The predicted octanol–water partition coefficient (Wildman–Crippen LogP) is 4.25. The normalized spacial score (nSPS) is 11.6. The molecule has 1 rings (SSSR count). The molecule has 0 aromatic heterocycles. The number of hydrogen-bond acceptors (Lipinski definition) is 4. The number of benzene rings is 1. The van der Waals surface area contributed by atoms with E-state index in [2.05, 4.69) is 15.9 Å². The molecule has 0 amide bonds. The summed E-state index contributed by atoms with van der Waals surface area (Å²) in [6.07, 6.45) is 0. The highest BCUT2D eigenvalue weighted by atomic mass is 79.9. The van der Waals surface area contributed by atoms with E-state index in [1.54, 1.807) is 47.6 Å². The second-order valence-electron chi connectivity index (χ2n) is 6.39. The number of phenols is 1. The Bertz CT molecular complexity index is 583. The summed E-state index contributed by atoms with van der Waals surface area (Å²) in [7, 11) is 0. The Hall–Kier alpha value is -1.36. The maximum Gasteiger partial charge on any atom is 0.316 e. The third-order valence-corrected chi connectivity index (χ3v) is 3.71.